The minimum absolute atomic E-state index is 0.850. The SMILES string of the molecule is c1ccc2c(-c3ccc(N(c4ccc(-c5ccc(N(c6ccc(-c7cccc8ccccc78)cc6)c6cccc7c6oc6ccccc67)cc5)cc4)c4cccc5c4oc4ccccc45)cc3)cccc2c1. The Labute approximate surface area is 416 Å². The van der Waals surface area contributed by atoms with Gasteiger partial charge in [0.25, 0.3) is 0 Å². The summed E-state index contributed by atoms with van der Waals surface area (Å²) in [5, 5.41) is 9.31. The van der Waals surface area contributed by atoms with Gasteiger partial charge >= 0.3 is 0 Å². The molecule has 0 saturated heterocycles. The van der Waals surface area contributed by atoms with E-state index in [1.807, 2.05) is 24.3 Å². The number of anilines is 6. The fourth-order valence-electron chi connectivity index (χ4n) is 10.8. The third-order valence-electron chi connectivity index (χ3n) is 14.3. The Hall–Kier alpha value is -9.64. The summed E-state index contributed by atoms with van der Waals surface area (Å²) in [6.45, 7) is 0. The Kier molecular flexibility index (Phi) is 9.82. The average Bonchev–Trinajstić information content (AvgIpc) is 4.04. The molecule has 2 aromatic heterocycles. The summed E-state index contributed by atoms with van der Waals surface area (Å²) in [6, 6.07) is 95.2. The lowest BCUT2D eigenvalue weighted by atomic mass is 9.98. The maximum Gasteiger partial charge on any atom is 0.159 e. The molecule has 4 heteroatoms. The van der Waals surface area contributed by atoms with Gasteiger partial charge in [-0.15, -0.1) is 0 Å². The number of furan rings is 2. The molecule has 0 bridgehead atoms. The average molecular weight is 921 g/mol. The second-order valence-electron chi connectivity index (χ2n) is 18.4. The topological polar surface area (TPSA) is 32.8 Å². The van der Waals surface area contributed by atoms with Crippen molar-refractivity contribution in [1.82, 2.24) is 0 Å². The van der Waals surface area contributed by atoms with Gasteiger partial charge in [0.1, 0.15) is 11.2 Å². The third kappa shape index (κ3) is 7.00. The minimum atomic E-state index is 0.850. The molecular formula is C68H44N2O2. The lowest BCUT2D eigenvalue weighted by molar-refractivity contribution is 0.668. The van der Waals surface area contributed by atoms with E-state index in [4.69, 9.17) is 8.83 Å². The van der Waals surface area contributed by atoms with E-state index in [2.05, 4.69) is 252 Å². The summed E-state index contributed by atoms with van der Waals surface area (Å²) in [4.78, 5) is 4.62. The zero-order valence-corrected chi connectivity index (χ0v) is 39.1. The predicted octanol–water partition coefficient (Wildman–Crippen LogP) is 19.7. The summed E-state index contributed by atoms with van der Waals surface area (Å²) >= 11 is 0. The molecule has 0 amide bonds. The van der Waals surface area contributed by atoms with Crippen LogP contribution in [0, 0.1) is 0 Å². The molecule has 2 heterocycles. The molecule has 14 rings (SSSR count). The minimum Gasteiger partial charge on any atom is -0.454 e. The lowest BCUT2D eigenvalue weighted by Gasteiger charge is -2.26. The maximum atomic E-state index is 6.67. The van der Waals surface area contributed by atoms with Gasteiger partial charge in [-0.3, -0.25) is 0 Å². The first-order valence-corrected chi connectivity index (χ1v) is 24.5. The Morgan fingerprint density at radius 3 is 0.931 bits per heavy atom. The lowest BCUT2D eigenvalue weighted by Crippen LogP contribution is -2.10. The number of para-hydroxylation sites is 4. The normalized spacial score (nSPS) is 11.6. The van der Waals surface area contributed by atoms with Crippen LogP contribution in [0.2, 0.25) is 0 Å². The molecule has 0 atom stereocenters. The van der Waals surface area contributed by atoms with Gasteiger partial charge in [-0.25, -0.2) is 0 Å². The van der Waals surface area contributed by atoms with Gasteiger partial charge in [-0.1, -0.05) is 194 Å². The van der Waals surface area contributed by atoms with Gasteiger partial charge in [-0.05, 0) is 128 Å². The van der Waals surface area contributed by atoms with Crippen molar-refractivity contribution in [3.63, 3.8) is 0 Å². The molecule has 0 aliphatic carbocycles. The van der Waals surface area contributed by atoms with Gasteiger partial charge in [0.05, 0.1) is 11.4 Å². The molecule has 0 saturated carbocycles. The zero-order chi connectivity index (χ0) is 47.5. The first kappa shape index (κ1) is 41.3. The van der Waals surface area contributed by atoms with Gasteiger partial charge < -0.3 is 18.6 Å². The number of hydrogen-bond donors (Lipinski definition) is 0. The van der Waals surface area contributed by atoms with Crippen LogP contribution >= 0.6 is 0 Å². The van der Waals surface area contributed by atoms with Crippen molar-refractivity contribution in [2.45, 2.75) is 0 Å². The van der Waals surface area contributed by atoms with Gasteiger partial charge in [0.2, 0.25) is 0 Å². The summed E-state index contributed by atoms with van der Waals surface area (Å²) in [5.74, 6) is 0. The molecule has 0 aliphatic rings. The van der Waals surface area contributed by atoms with E-state index in [9.17, 15) is 0 Å². The van der Waals surface area contributed by atoms with Crippen LogP contribution in [-0.2, 0) is 0 Å². The summed E-state index contributed by atoms with van der Waals surface area (Å²) in [7, 11) is 0. The molecular weight excluding hydrogens is 877 g/mol. The van der Waals surface area contributed by atoms with Gasteiger partial charge in [0, 0.05) is 44.3 Å². The van der Waals surface area contributed by atoms with Crippen LogP contribution in [0.1, 0.15) is 0 Å². The van der Waals surface area contributed by atoms with Gasteiger partial charge in [-0.2, -0.15) is 0 Å². The second kappa shape index (κ2) is 17.1. The monoisotopic (exact) mass is 920 g/mol. The highest BCUT2D eigenvalue weighted by Gasteiger charge is 2.22. The molecule has 0 N–H and O–H groups in total. The standard InChI is InChI=1S/C68H44N2O2/c1-3-17-55-47(13-1)15-9-21-57(55)49-33-41-53(42-34-49)69(63-25-11-23-61-59-19-5-7-27-65(59)71-67(61)63)51-37-29-45(30-38-51)46-31-39-52(40-32-46)70(64-26-12-24-62-60-20-6-8-28-66(60)72-68(62)64)54-43-35-50(36-44-54)58-22-10-16-48-14-2-4-18-56(48)58/h1-44H. The van der Waals surface area contributed by atoms with E-state index in [0.29, 0.717) is 0 Å². The molecule has 0 radical (unpaired) electrons. The Bertz CT molecular complexity index is 4030. The van der Waals surface area contributed by atoms with E-state index in [1.165, 1.54) is 43.8 Å². The second-order valence-corrected chi connectivity index (χ2v) is 18.4. The Balaban J connectivity index is 0.841. The van der Waals surface area contributed by atoms with Crippen LogP contribution < -0.4 is 9.80 Å². The summed E-state index contributed by atoms with van der Waals surface area (Å²) in [6.07, 6.45) is 0. The molecule has 0 aliphatic heterocycles. The van der Waals surface area contributed by atoms with E-state index in [1.54, 1.807) is 0 Å². The van der Waals surface area contributed by atoms with Gasteiger partial charge in [0.15, 0.2) is 11.2 Å². The number of nitrogens with zero attached hydrogens (tertiary/aromatic N) is 2. The van der Waals surface area contributed by atoms with Crippen molar-refractivity contribution >= 4 is 99.5 Å². The smallest absolute Gasteiger partial charge is 0.159 e. The molecule has 0 unspecified atom stereocenters. The van der Waals surface area contributed by atoms with Crippen molar-refractivity contribution in [3.05, 3.63) is 267 Å². The first-order valence-electron chi connectivity index (χ1n) is 24.5. The van der Waals surface area contributed by atoms with Crippen LogP contribution in [-0.4, -0.2) is 0 Å². The van der Waals surface area contributed by atoms with E-state index >= 15 is 0 Å². The molecule has 12 aromatic carbocycles. The van der Waals surface area contributed by atoms with Crippen LogP contribution in [0.5, 0.6) is 0 Å². The third-order valence-corrected chi connectivity index (χ3v) is 14.3. The molecule has 72 heavy (non-hydrogen) atoms. The van der Waals surface area contributed by atoms with Crippen molar-refractivity contribution < 1.29 is 8.83 Å². The predicted molar refractivity (Wildman–Crippen MR) is 302 cm³/mol. The van der Waals surface area contributed by atoms with Crippen molar-refractivity contribution in [1.29, 1.82) is 0 Å². The van der Waals surface area contributed by atoms with Crippen molar-refractivity contribution in [2.24, 2.45) is 0 Å². The van der Waals surface area contributed by atoms with E-state index in [-0.39, 0.29) is 0 Å². The maximum absolute atomic E-state index is 6.67. The fourth-order valence-corrected chi connectivity index (χ4v) is 10.8. The Morgan fingerprint density at radius 2 is 0.528 bits per heavy atom. The molecule has 0 fully saturated rings. The highest BCUT2D eigenvalue weighted by Crippen LogP contribution is 2.46. The largest absolute Gasteiger partial charge is 0.454 e. The highest BCUT2D eigenvalue weighted by molar-refractivity contribution is 6.12. The molecule has 0 spiro atoms. The first-order chi connectivity index (χ1) is 35.7. The molecule has 338 valence electrons. The number of rotatable bonds is 9. The molecule has 14 aromatic rings. The summed E-state index contributed by atoms with van der Waals surface area (Å²) in [5.41, 5.74) is 16.5. The van der Waals surface area contributed by atoms with Crippen LogP contribution in [0.4, 0.5) is 34.1 Å². The van der Waals surface area contributed by atoms with Crippen LogP contribution in [0.3, 0.4) is 0 Å². The highest BCUT2D eigenvalue weighted by atomic mass is 16.3. The number of benzene rings is 12. The van der Waals surface area contributed by atoms with Crippen molar-refractivity contribution in [2.75, 3.05) is 9.80 Å². The van der Waals surface area contributed by atoms with Crippen LogP contribution in [0.25, 0.3) is 98.8 Å². The van der Waals surface area contributed by atoms with E-state index in [0.717, 1.165) is 89.1 Å². The fraction of sp³-hybridized carbons (Fsp3) is 0. The zero-order valence-electron chi connectivity index (χ0n) is 39.1. The number of hydrogen-bond acceptors (Lipinski definition) is 4. The van der Waals surface area contributed by atoms with E-state index < -0.39 is 0 Å². The Morgan fingerprint density at radius 1 is 0.222 bits per heavy atom. The number of fused-ring (bicyclic) bond motifs is 8. The quantitative estimate of drug-likeness (QED) is 0.144. The molecule has 4 nitrogen and oxygen atoms in total. The summed E-state index contributed by atoms with van der Waals surface area (Å²) < 4.78 is 13.3. The van der Waals surface area contributed by atoms with Crippen LogP contribution in [0.15, 0.2) is 276 Å². The van der Waals surface area contributed by atoms with Crippen molar-refractivity contribution in [3.8, 4) is 33.4 Å².